The van der Waals surface area contributed by atoms with E-state index < -0.39 is 0 Å². The molecule has 1 heterocycles. The maximum atomic E-state index is 4.38. The second-order valence-corrected chi connectivity index (χ2v) is 6.97. The van der Waals surface area contributed by atoms with Crippen LogP contribution < -0.4 is 10.6 Å². The molecule has 0 aliphatic heterocycles. The summed E-state index contributed by atoms with van der Waals surface area (Å²) in [4.78, 5) is 9.91. The van der Waals surface area contributed by atoms with Crippen molar-refractivity contribution in [2.75, 3.05) is 13.6 Å². The molecular weight excluding hydrogens is 316 g/mol. The van der Waals surface area contributed by atoms with Crippen LogP contribution in [0.4, 0.5) is 0 Å². The molecule has 4 nitrogen and oxygen atoms in total. The van der Waals surface area contributed by atoms with Gasteiger partial charge in [0.15, 0.2) is 5.96 Å². The molecule has 124 valence electrons. The van der Waals surface area contributed by atoms with Crippen LogP contribution in [-0.2, 0) is 13.0 Å². The lowest BCUT2D eigenvalue weighted by molar-refractivity contribution is 0.792. The summed E-state index contributed by atoms with van der Waals surface area (Å²) in [5, 5.41) is 10.4. The number of nitrogens with zero attached hydrogens (tertiary/aromatic N) is 2. The third-order valence-electron chi connectivity index (χ3n) is 3.80. The predicted octanol–water partition coefficient (Wildman–Crippen LogP) is 3.51. The second-order valence-electron chi connectivity index (χ2n) is 5.65. The second kappa shape index (κ2) is 7.93. The summed E-state index contributed by atoms with van der Waals surface area (Å²) in [6.07, 6.45) is 2.84. The zero-order valence-electron chi connectivity index (χ0n) is 14.0. The smallest absolute Gasteiger partial charge is 0.191 e. The quantitative estimate of drug-likeness (QED) is 0.553. The molecule has 0 aliphatic carbocycles. The Morgan fingerprint density at radius 1 is 1.12 bits per heavy atom. The Bertz CT molecular complexity index is 838. The summed E-state index contributed by atoms with van der Waals surface area (Å²) in [6, 6.07) is 14.9. The van der Waals surface area contributed by atoms with E-state index >= 15 is 0 Å². The number of nitrogens with one attached hydrogen (secondary N) is 2. The van der Waals surface area contributed by atoms with Gasteiger partial charge in [0.2, 0.25) is 0 Å². The zero-order chi connectivity index (χ0) is 16.8. The van der Waals surface area contributed by atoms with Crippen molar-refractivity contribution in [2.45, 2.75) is 19.9 Å². The number of guanidine groups is 1. The first-order valence-electron chi connectivity index (χ1n) is 8.08. The highest BCUT2D eigenvalue weighted by atomic mass is 32.1. The number of rotatable bonds is 5. The highest BCUT2D eigenvalue weighted by molar-refractivity contribution is 7.11. The summed E-state index contributed by atoms with van der Waals surface area (Å²) in [5.41, 5.74) is 1.24. The van der Waals surface area contributed by atoms with Crippen LogP contribution in [-0.4, -0.2) is 24.5 Å². The van der Waals surface area contributed by atoms with Gasteiger partial charge in [-0.2, -0.15) is 0 Å². The van der Waals surface area contributed by atoms with Crippen LogP contribution in [0.5, 0.6) is 0 Å². The molecule has 0 radical (unpaired) electrons. The lowest BCUT2D eigenvalue weighted by atomic mass is 10.1. The lowest BCUT2D eigenvalue weighted by Crippen LogP contribution is -2.37. The van der Waals surface area contributed by atoms with Crippen molar-refractivity contribution < 1.29 is 0 Å². The van der Waals surface area contributed by atoms with Gasteiger partial charge in [0, 0.05) is 37.6 Å². The van der Waals surface area contributed by atoms with Gasteiger partial charge in [0.05, 0.1) is 5.01 Å². The SMILES string of the molecule is CN=C(NCCc1ncc(C)s1)NCc1ccc2ccccc2c1. The van der Waals surface area contributed by atoms with Crippen molar-refractivity contribution in [1.82, 2.24) is 15.6 Å². The molecule has 0 bridgehead atoms. The van der Waals surface area contributed by atoms with E-state index in [0.29, 0.717) is 0 Å². The molecule has 0 atom stereocenters. The fourth-order valence-electron chi connectivity index (χ4n) is 2.56. The fraction of sp³-hybridized carbons (Fsp3) is 0.263. The van der Waals surface area contributed by atoms with Gasteiger partial charge in [-0.3, -0.25) is 4.99 Å². The molecule has 0 saturated carbocycles. The fourth-order valence-corrected chi connectivity index (χ4v) is 3.35. The van der Waals surface area contributed by atoms with Crippen molar-refractivity contribution in [2.24, 2.45) is 4.99 Å². The van der Waals surface area contributed by atoms with Crippen LogP contribution in [0.1, 0.15) is 15.4 Å². The van der Waals surface area contributed by atoms with Crippen molar-refractivity contribution in [3.63, 3.8) is 0 Å². The van der Waals surface area contributed by atoms with E-state index in [2.05, 4.69) is 70.0 Å². The Hall–Kier alpha value is -2.40. The zero-order valence-corrected chi connectivity index (χ0v) is 14.9. The minimum atomic E-state index is 0.751. The van der Waals surface area contributed by atoms with E-state index in [9.17, 15) is 0 Å². The van der Waals surface area contributed by atoms with Crippen LogP contribution in [0.2, 0.25) is 0 Å². The number of hydrogen-bond acceptors (Lipinski definition) is 3. The Balaban J connectivity index is 1.51. The summed E-state index contributed by atoms with van der Waals surface area (Å²) >= 11 is 1.75. The monoisotopic (exact) mass is 338 g/mol. The topological polar surface area (TPSA) is 49.3 Å². The van der Waals surface area contributed by atoms with Crippen LogP contribution in [0.25, 0.3) is 10.8 Å². The average Bonchev–Trinajstić information content (AvgIpc) is 3.03. The standard InChI is InChI=1S/C19H22N4S/c1-14-12-22-18(24-14)9-10-21-19(20-2)23-13-15-7-8-16-5-3-4-6-17(16)11-15/h3-8,11-12H,9-10,13H2,1-2H3,(H2,20,21,23). The highest BCUT2D eigenvalue weighted by Gasteiger charge is 2.02. The predicted molar refractivity (Wildman–Crippen MR) is 103 cm³/mol. The Morgan fingerprint density at radius 2 is 1.96 bits per heavy atom. The van der Waals surface area contributed by atoms with Gasteiger partial charge in [0.25, 0.3) is 0 Å². The molecule has 24 heavy (non-hydrogen) atoms. The number of benzene rings is 2. The maximum Gasteiger partial charge on any atom is 0.191 e. The lowest BCUT2D eigenvalue weighted by Gasteiger charge is -2.12. The molecule has 5 heteroatoms. The molecule has 0 aliphatic rings. The van der Waals surface area contributed by atoms with Gasteiger partial charge >= 0.3 is 0 Å². The normalized spacial score (nSPS) is 11.7. The van der Waals surface area contributed by atoms with Gasteiger partial charge < -0.3 is 10.6 Å². The van der Waals surface area contributed by atoms with E-state index in [1.807, 2.05) is 6.20 Å². The first-order valence-corrected chi connectivity index (χ1v) is 8.90. The summed E-state index contributed by atoms with van der Waals surface area (Å²) in [6.45, 7) is 3.66. The third kappa shape index (κ3) is 4.32. The molecule has 0 unspecified atom stereocenters. The molecule has 0 amide bonds. The Kier molecular flexibility index (Phi) is 5.43. The highest BCUT2D eigenvalue weighted by Crippen LogP contribution is 2.15. The van der Waals surface area contributed by atoms with E-state index in [4.69, 9.17) is 0 Å². The molecule has 2 N–H and O–H groups in total. The van der Waals surface area contributed by atoms with Crippen LogP contribution >= 0.6 is 11.3 Å². The first kappa shape index (κ1) is 16.5. The number of aryl methyl sites for hydroxylation is 1. The van der Waals surface area contributed by atoms with Crippen LogP contribution in [0, 0.1) is 6.92 Å². The Labute approximate surface area is 146 Å². The number of thiazole rings is 1. The number of aliphatic imine (C=N–C) groups is 1. The molecule has 0 fully saturated rings. The minimum Gasteiger partial charge on any atom is -0.356 e. The first-order chi connectivity index (χ1) is 11.7. The summed E-state index contributed by atoms with van der Waals surface area (Å²) < 4.78 is 0. The van der Waals surface area contributed by atoms with E-state index in [1.165, 1.54) is 21.2 Å². The molecule has 0 spiro atoms. The largest absolute Gasteiger partial charge is 0.356 e. The third-order valence-corrected chi connectivity index (χ3v) is 4.77. The minimum absolute atomic E-state index is 0.751. The van der Waals surface area contributed by atoms with Gasteiger partial charge in [-0.1, -0.05) is 36.4 Å². The molecule has 3 aromatic rings. The molecule has 2 aromatic carbocycles. The number of fused-ring (bicyclic) bond motifs is 1. The Morgan fingerprint density at radius 3 is 2.71 bits per heavy atom. The van der Waals surface area contributed by atoms with E-state index in [-0.39, 0.29) is 0 Å². The molecule has 0 saturated heterocycles. The van der Waals surface area contributed by atoms with Crippen molar-refractivity contribution in [1.29, 1.82) is 0 Å². The van der Waals surface area contributed by atoms with Crippen molar-refractivity contribution >= 4 is 28.1 Å². The summed E-state index contributed by atoms with van der Waals surface area (Å²) in [7, 11) is 1.79. The van der Waals surface area contributed by atoms with Crippen LogP contribution in [0.15, 0.2) is 53.7 Å². The average molecular weight is 338 g/mol. The van der Waals surface area contributed by atoms with E-state index in [1.54, 1.807) is 18.4 Å². The van der Waals surface area contributed by atoms with Crippen molar-refractivity contribution in [3.8, 4) is 0 Å². The molecule has 1 aromatic heterocycles. The number of hydrogen-bond donors (Lipinski definition) is 2. The van der Waals surface area contributed by atoms with Gasteiger partial charge in [-0.05, 0) is 29.3 Å². The summed E-state index contributed by atoms with van der Waals surface area (Å²) in [5.74, 6) is 0.816. The number of aromatic nitrogens is 1. The molecular formula is C19H22N4S. The molecule has 3 rings (SSSR count). The van der Waals surface area contributed by atoms with Gasteiger partial charge in [-0.25, -0.2) is 4.98 Å². The maximum absolute atomic E-state index is 4.38. The van der Waals surface area contributed by atoms with E-state index in [0.717, 1.165) is 30.5 Å². The van der Waals surface area contributed by atoms with Gasteiger partial charge in [0.1, 0.15) is 0 Å². The van der Waals surface area contributed by atoms with Crippen molar-refractivity contribution in [3.05, 3.63) is 64.1 Å². The van der Waals surface area contributed by atoms with Gasteiger partial charge in [-0.15, -0.1) is 11.3 Å². The van der Waals surface area contributed by atoms with Crippen LogP contribution in [0.3, 0.4) is 0 Å².